The molecule has 0 aliphatic heterocycles. The number of rotatable bonds is 5. The van der Waals surface area contributed by atoms with Crippen molar-refractivity contribution in [3.63, 3.8) is 0 Å². The molecule has 11 heteroatoms. The summed E-state index contributed by atoms with van der Waals surface area (Å²) >= 11 is 6.12. The van der Waals surface area contributed by atoms with Gasteiger partial charge in [0, 0.05) is 16.9 Å². The van der Waals surface area contributed by atoms with Gasteiger partial charge in [0.2, 0.25) is 0 Å². The molecular formula is C17H18ClN5O4S. The second-order valence-corrected chi connectivity index (χ2v) is 8.35. The van der Waals surface area contributed by atoms with Gasteiger partial charge in [0.15, 0.2) is 0 Å². The molecule has 0 aliphatic rings. The van der Waals surface area contributed by atoms with Crippen molar-refractivity contribution in [2.24, 2.45) is 0 Å². The number of nitrogens with zero attached hydrogens (tertiary/aromatic N) is 4. The van der Waals surface area contributed by atoms with E-state index in [1.807, 2.05) is 0 Å². The van der Waals surface area contributed by atoms with E-state index in [4.69, 9.17) is 16.3 Å². The molecule has 9 nitrogen and oxygen atoms in total. The van der Waals surface area contributed by atoms with E-state index in [1.165, 1.54) is 16.6 Å². The first-order chi connectivity index (χ1) is 13.1. The Labute approximate surface area is 166 Å². The Hall–Kier alpha value is -2.72. The molecule has 28 heavy (non-hydrogen) atoms. The van der Waals surface area contributed by atoms with Crippen LogP contribution in [0.3, 0.4) is 0 Å². The summed E-state index contributed by atoms with van der Waals surface area (Å²) in [5, 5.41) is 3.75. The number of nitrogens with one attached hydrogen (secondary N) is 1. The summed E-state index contributed by atoms with van der Waals surface area (Å²) in [6, 6.07) is 4.58. The number of aryl methyl sites for hydroxylation is 1. The van der Waals surface area contributed by atoms with Gasteiger partial charge in [-0.25, -0.2) is 14.3 Å². The number of aromatic nitrogens is 4. The molecule has 0 amide bonds. The van der Waals surface area contributed by atoms with Crippen molar-refractivity contribution >= 4 is 39.1 Å². The van der Waals surface area contributed by atoms with Gasteiger partial charge in [0.1, 0.15) is 0 Å². The van der Waals surface area contributed by atoms with Crippen LogP contribution in [0.15, 0.2) is 29.6 Å². The van der Waals surface area contributed by atoms with Crippen LogP contribution >= 0.6 is 11.6 Å². The van der Waals surface area contributed by atoms with Crippen LogP contribution in [0, 0.1) is 13.8 Å². The van der Waals surface area contributed by atoms with Gasteiger partial charge in [-0.15, -0.1) is 5.10 Å². The Bertz CT molecular complexity index is 1170. The molecule has 1 N–H and O–H groups in total. The number of hydrogen-bond donors (Lipinski definition) is 1. The first-order valence-electron chi connectivity index (χ1n) is 8.31. The first kappa shape index (κ1) is 20.0. The summed E-state index contributed by atoms with van der Waals surface area (Å²) in [6.45, 7) is 6.73. The lowest BCUT2D eigenvalue weighted by molar-refractivity contribution is 0.0379. The van der Waals surface area contributed by atoms with E-state index < -0.39 is 21.1 Å². The molecule has 1 aromatic carbocycles. The zero-order valence-corrected chi connectivity index (χ0v) is 17.2. The van der Waals surface area contributed by atoms with E-state index in [2.05, 4.69) is 19.8 Å². The molecule has 0 spiro atoms. The number of benzene rings is 1. The number of ether oxygens (including phenoxy) is 1. The Morgan fingerprint density at radius 3 is 2.61 bits per heavy atom. The Morgan fingerprint density at radius 1 is 1.21 bits per heavy atom. The Balaban J connectivity index is 2.05. The van der Waals surface area contributed by atoms with Crippen molar-refractivity contribution in [1.82, 2.24) is 19.6 Å². The number of carbonyl (C=O) groups is 1. The molecule has 3 rings (SSSR count). The monoisotopic (exact) mass is 423 g/mol. The zero-order chi connectivity index (χ0) is 20.6. The third kappa shape index (κ3) is 3.92. The summed E-state index contributed by atoms with van der Waals surface area (Å²) in [7, 11) is -4.21. The average molecular weight is 424 g/mol. The molecule has 0 saturated carbocycles. The molecule has 0 unspecified atom stereocenters. The second-order valence-electron chi connectivity index (χ2n) is 6.36. The standard InChI is InChI=1S/C17H18ClN5O4S/c1-9(2)27-15(24)12-5-6-13(18)11(4)14(12)22-28(25,26)17-20-16-19-10(3)7-8-23(16)21-17/h5-9,22H,1-4H3. The van der Waals surface area contributed by atoms with Crippen LogP contribution < -0.4 is 4.72 Å². The minimum Gasteiger partial charge on any atom is -0.459 e. The van der Waals surface area contributed by atoms with E-state index >= 15 is 0 Å². The molecule has 0 aliphatic carbocycles. The maximum absolute atomic E-state index is 12.8. The number of esters is 1. The van der Waals surface area contributed by atoms with E-state index in [0.717, 1.165) is 0 Å². The predicted octanol–water partition coefficient (Wildman–Crippen LogP) is 2.76. The molecule has 3 aromatic rings. The van der Waals surface area contributed by atoms with Crippen LogP contribution in [0.5, 0.6) is 0 Å². The van der Waals surface area contributed by atoms with Gasteiger partial charge >= 0.3 is 5.97 Å². The fraction of sp³-hybridized carbons (Fsp3) is 0.294. The van der Waals surface area contributed by atoms with Crippen molar-refractivity contribution in [2.45, 2.75) is 39.0 Å². The molecule has 0 fully saturated rings. The number of carbonyl (C=O) groups excluding carboxylic acids is 1. The summed E-state index contributed by atoms with van der Waals surface area (Å²) in [5.41, 5.74) is 1.10. The molecule has 148 valence electrons. The van der Waals surface area contributed by atoms with E-state index in [9.17, 15) is 13.2 Å². The Kier molecular flexibility index (Phi) is 5.26. The summed E-state index contributed by atoms with van der Waals surface area (Å²) in [4.78, 5) is 20.5. The van der Waals surface area contributed by atoms with Crippen molar-refractivity contribution in [3.8, 4) is 0 Å². The maximum atomic E-state index is 12.8. The minimum atomic E-state index is -4.21. The smallest absolute Gasteiger partial charge is 0.340 e. The van der Waals surface area contributed by atoms with Gasteiger partial charge in [0.05, 0.1) is 17.4 Å². The maximum Gasteiger partial charge on any atom is 0.340 e. The van der Waals surface area contributed by atoms with Crippen molar-refractivity contribution in [1.29, 1.82) is 0 Å². The van der Waals surface area contributed by atoms with Crippen LogP contribution in [-0.2, 0) is 14.8 Å². The van der Waals surface area contributed by atoms with Gasteiger partial charge in [-0.2, -0.15) is 13.4 Å². The van der Waals surface area contributed by atoms with E-state index in [0.29, 0.717) is 16.3 Å². The van der Waals surface area contributed by atoms with Crippen LogP contribution in [0.2, 0.25) is 5.02 Å². The highest BCUT2D eigenvalue weighted by Gasteiger charge is 2.26. The van der Waals surface area contributed by atoms with Gasteiger partial charge in [-0.1, -0.05) is 11.6 Å². The summed E-state index contributed by atoms with van der Waals surface area (Å²) in [5.74, 6) is -0.532. The molecule has 2 heterocycles. The lowest BCUT2D eigenvalue weighted by atomic mass is 10.1. The van der Waals surface area contributed by atoms with Gasteiger partial charge in [-0.05, 0) is 51.5 Å². The highest BCUT2D eigenvalue weighted by molar-refractivity contribution is 7.92. The SMILES string of the molecule is Cc1ccn2nc(S(=O)(=O)Nc3c(C(=O)OC(C)C)ccc(Cl)c3C)nc2n1. The summed E-state index contributed by atoms with van der Waals surface area (Å²) < 4.78 is 34.5. The average Bonchev–Trinajstić information content (AvgIpc) is 3.02. The van der Waals surface area contributed by atoms with Crippen LogP contribution in [0.1, 0.15) is 35.5 Å². The Morgan fingerprint density at radius 2 is 1.93 bits per heavy atom. The second kappa shape index (κ2) is 7.36. The molecule has 0 bridgehead atoms. The van der Waals surface area contributed by atoms with Gasteiger partial charge in [-0.3, -0.25) is 4.72 Å². The molecule has 0 atom stereocenters. The first-order valence-corrected chi connectivity index (χ1v) is 10.2. The number of anilines is 1. The fourth-order valence-electron chi connectivity index (χ4n) is 2.40. The predicted molar refractivity (Wildman–Crippen MR) is 103 cm³/mol. The molecular weight excluding hydrogens is 406 g/mol. The van der Waals surface area contributed by atoms with Crippen LogP contribution in [0.4, 0.5) is 5.69 Å². The van der Waals surface area contributed by atoms with E-state index in [1.54, 1.807) is 40.0 Å². The number of sulfonamides is 1. The van der Waals surface area contributed by atoms with Crippen molar-refractivity contribution in [2.75, 3.05) is 4.72 Å². The van der Waals surface area contributed by atoms with Gasteiger partial charge < -0.3 is 4.74 Å². The highest BCUT2D eigenvalue weighted by Crippen LogP contribution is 2.30. The van der Waals surface area contributed by atoms with Gasteiger partial charge in [0.25, 0.3) is 21.0 Å². The summed E-state index contributed by atoms with van der Waals surface area (Å²) in [6.07, 6.45) is 1.18. The van der Waals surface area contributed by atoms with Crippen LogP contribution in [0.25, 0.3) is 5.78 Å². The third-order valence-corrected chi connectivity index (χ3v) is 5.30. The number of fused-ring (bicyclic) bond motifs is 1. The fourth-order valence-corrected chi connectivity index (χ4v) is 3.58. The lowest BCUT2D eigenvalue weighted by Crippen LogP contribution is -2.20. The lowest BCUT2D eigenvalue weighted by Gasteiger charge is -2.15. The van der Waals surface area contributed by atoms with Crippen molar-refractivity contribution < 1.29 is 17.9 Å². The van der Waals surface area contributed by atoms with E-state index in [-0.39, 0.29) is 23.1 Å². The molecule has 0 saturated heterocycles. The highest BCUT2D eigenvalue weighted by atomic mass is 35.5. The number of halogens is 1. The quantitative estimate of drug-likeness (QED) is 0.627. The van der Waals surface area contributed by atoms with Crippen LogP contribution in [-0.4, -0.2) is 40.1 Å². The normalized spacial score (nSPS) is 11.8. The third-order valence-electron chi connectivity index (χ3n) is 3.77. The topological polar surface area (TPSA) is 116 Å². The minimum absolute atomic E-state index is 0.0149. The molecule has 0 radical (unpaired) electrons. The largest absolute Gasteiger partial charge is 0.459 e. The zero-order valence-electron chi connectivity index (χ0n) is 15.6. The van der Waals surface area contributed by atoms with Crippen molar-refractivity contribution in [3.05, 3.63) is 46.2 Å². The molecule has 2 aromatic heterocycles. The number of hydrogen-bond acceptors (Lipinski definition) is 7.